The second kappa shape index (κ2) is 5.22. The third-order valence-corrected chi connectivity index (χ3v) is 3.57. The number of nitrogens with zero attached hydrogens (tertiary/aromatic N) is 2. The molecule has 0 aliphatic rings. The van der Waals surface area contributed by atoms with E-state index in [4.69, 9.17) is 16.6 Å². The Hall–Kier alpha value is -1.93. The summed E-state index contributed by atoms with van der Waals surface area (Å²) in [5.74, 6) is 0. The van der Waals surface area contributed by atoms with Gasteiger partial charge in [0.2, 0.25) is 0 Å². The van der Waals surface area contributed by atoms with E-state index in [0.717, 1.165) is 33.5 Å². The summed E-state index contributed by atoms with van der Waals surface area (Å²) in [6.07, 6.45) is 2.05. The maximum Gasteiger partial charge on any atom is 0.0929 e. The largest absolute Gasteiger partial charge is 0.251 e. The summed E-state index contributed by atoms with van der Waals surface area (Å²) in [5.41, 5.74) is 4.61. The third-order valence-electron chi connectivity index (χ3n) is 3.27. The number of benzene rings is 1. The Balaban J connectivity index is 2.31. The first kappa shape index (κ1) is 13.1. The molecule has 2 aromatic heterocycles. The van der Waals surface area contributed by atoms with E-state index < -0.39 is 0 Å². The van der Waals surface area contributed by atoms with Gasteiger partial charge in [-0.3, -0.25) is 4.98 Å². The third kappa shape index (κ3) is 2.27. The van der Waals surface area contributed by atoms with E-state index in [1.165, 1.54) is 0 Å². The van der Waals surface area contributed by atoms with Crippen molar-refractivity contribution < 1.29 is 0 Å². The van der Waals surface area contributed by atoms with E-state index in [1.54, 1.807) is 0 Å². The van der Waals surface area contributed by atoms with E-state index in [-0.39, 0.29) is 0 Å². The zero-order chi connectivity index (χ0) is 14.1. The van der Waals surface area contributed by atoms with Crippen molar-refractivity contribution in [2.45, 2.75) is 13.8 Å². The number of hydrogen-bond donors (Lipinski definition) is 0. The number of rotatable bonds is 2. The quantitative estimate of drug-likeness (QED) is 0.672. The van der Waals surface area contributed by atoms with Crippen LogP contribution in [-0.4, -0.2) is 9.97 Å². The van der Waals surface area contributed by atoms with Crippen molar-refractivity contribution in [2.75, 3.05) is 0 Å². The molecule has 99 valence electrons. The number of hydrogen-bond acceptors (Lipinski definition) is 2. The normalized spacial score (nSPS) is 10.9. The molecule has 0 aliphatic heterocycles. The minimum atomic E-state index is 0.666. The van der Waals surface area contributed by atoms with Crippen LogP contribution < -0.4 is 0 Å². The zero-order valence-corrected chi connectivity index (χ0v) is 12.1. The molecule has 20 heavy (non-hydrogen) atoms. The topological polar surface area (TPSA) is 25.8 Å². The molecule has 0 amide bonds. The summed E-state index contributed by atoms with van der Waals surface area (Å²) in [7, 11) is 0. The molecule has 0 aliphatic carbocycles. The van der Waals surface area contributed by atoms with Crippen LogP contribution in [0.5, 0.6) is 0 Å². The van der Waals surface area contributed by atoms with Crippen LogP contribution in [0.15, 0.2) is 42.5 Å². The maximum absolute atomic E-state index is 6.25. The molecule has 0 spiro atoms. The Morgan fingerprint density at radius 3 is 2.60 bits per heavy atom. The van der Waals surface area contributed by atoms with Crippen LogP contribution in [-0.2, 0) is 0 Å². The van der Waals surface area contributed by atoms with Gasteiger partial charge in [0.25, 0.3) is 0 Å². The highest BCUT2D eigenvalue weighted by Crippen LogP contribution is 2.29. The van der Waals surface area contributed by atoms with E-state index in [1.807, 2.05) is 56.7 Å². The van der Waals surface area contributed by atoms with Crippen LogP contribution >= 0.6 is 11.6 Å². The Bertz CT molecular complexity index is 781. The minimum Gasteiger partial charge on any atom is -0.251 e. The number of halogens is 1. The van der Waals surface area contributed by atoms with E-state index >= 15 is 0 Å². The lowest BCUT2D eigenvalue weighted by Crippen LogP contribution is -1.95. The van der Waals surface area contributed by atoms with Crippen LogP contribution in [0.25, 0.3) is 22.3 Å². The summed E-state index contributed by atoms with van der Waals surface area (Å²) in [4.78, 5) is 9.29. The van der Waals surface area contributed by atoms with Gasteiger partial charge >= 0.3 is 0 Å². The molecule has 1 aromatic carbocycles. The Kier molecular flexibility index (Phi) is 3.41. The van der Waals surface area contributed by atoms with Gasteiger partial charge in [0.05, 0.1) is 21.9 Å². The van der Waals surface area contributed by atoms with Gasteiger partial charge in [0, 0.05) is 11.1 Å². The minimum absolute atomic E-state index is 0.666. The number of para-hydroxylation sites is 1. The van der Waals surface area contributed by atoms with Gasteiger partial charge < -0.3 is 0 Å². The summed E-state index contributed by atoms with van der Waals surface area (Å²) >= 11 is 6.25. The Morgan fingerprint density at radius 2 is 1.85 bits per heavy atom. The predicted molar refractivity (Wildman–Crippen MR) is 83.8 cm³/mol. The first-order chi connectivity index (χ1) is 9.69. The van der Waals surface area contributed by atoms with Crippen molar-refractivity contribution in [2.24, 2.45) is 0 Å². The molecular weight excluding hydrogens is 268 g/mol. The molecule has 0 bridgehead atoms. The molecule has 3 rings (SSSR count). The average molecular weight is 282 g/mol. The second-order valence-corrected chi connectivity index (χ2v) is 5.10. The highest BCUT2D eigenvalue weighted by molar-refractivity contribution is 6.35. The highest BCUT2D eigenvalue weighted by Gasteiger charge is 2.11. The first-order valence-electron chi connectivity index (χ1n) is 6.51. The first-order valence-corrected chi connectivity index (χ1v) is 6.89. The molecule has 2 heterocycles. The fourth-order valence-electron chi connectivity index (χ4n) is 2.28. The standard InChI is InChI=1S/C17H14ClN2/c1-3-12-10-13-7-5-8-14(18)16(13)20-17(12)15-9-4-6-11(2)19-15/h3-10H,1-2H3. The van der Waals surface area contributed by atoms with Gasteiger partial charge in [-0.15, -0.1) is 0 Å². The molecule has 1 radical (unpaired) electrons. The van der Waals surface area contributed by atoms with Crippen molar-refractivity contribution in [3.8, 4) is 11.4 Å². The van der Waals surface area contributed by atoms with Crippen molar-refractivity contribution in [1.29, 1.82) is 0 Å². The molecule has 0 saturated carbocycles. The van der Waals surface area contributed by atoms with Crippen LogP contribution in [0.4, 0.5) is 0 Å². The molecule has 3 heteroatoms. The van der Waals surface area contributed by atoms with Crippen molar-refractivity contribution in [3.05, 3.63) is 65.2 Å². The molecule has 0 N–H and O–H groups in total. The molecule has 0 unspecified atom stereocenters. The number of aromatic nitrogens is 2. The number of aryl methyl sites for hydroxylation is 1. The Morgan fingerprint density at radius 1 is 1.05 bits per heavy atom. The molecule has 0 fully saturated rings. The smallest absolute Gasteiger partial charge is 0.0929 e. The van der Waals surface area contributed by atoms with Crippen LogP contribution in [0.2, 0.25) is 5.02 Å². The summed E-state index contributed by atoms with van der Waals surface area (Å²) in [6.45, 7) is 3.99. The van der Waals surface area contributed by atoms with Crippen LogP contribution in [0.3, 0.4) is 0 Å². The summed E-state index contributed by atoms with van der Waals surface area (Å²) in [6, 6.07) is 13.9. The summed E-state index contributed by atoms with van der Waals surface area (Å²) in [5, 5.41) is 1.71. The van der Waals surface area contributed by atoms with Crippen LogP contribution in [0, 0.1) is 13.3 Å². The van der Waals surface area contributed by atoms with Gasteiger partial charge in [0.15, 0.2) is 0 Å². The SMILES string of the molecule is C[CH]c1cc2cccc(Cl)c2nc1-c1cccc(C)n1. The lowest BCUT2D eigenvalue weighted by Gasteiger charge is -2.10. The number of fused-ring (bicyclic) bond motifs is 1. The van der Waals surface area contributed by atoms with E-state index in [2.05, 4.69) is 11.1 Å². The van der Waals surface area contributed by atoms with Crippen molar-refractivity contribution in [3.63, 3.8) is 0 Å². The molecule has 3 aromatic rings. The fraction of sp³-hybridized carbons (Fsp3) is 0.118. The van der Waals surface area contributed by atoms with Gasteiger partial charge in [0.1, 0.15) is 0 Å². The van der Waals surface area contributed by atoms with Crippen molar-refractivity contribution in [1.82, 2.24) is 9.97 Å². The maximum atomic E-state index is 6.25. The average Bonchev–Trinajstić information content (AvgIpc) is 2.46. The van der Waals surface area contributed by atoms with Gasteiger partial charge in [-0.2, -0.15) is 0 Å². The predicted octanol–water partition coefficient (Wildman–Crippen LogP) is 4.83. The van der Waals surface area contributed by atoms with Gasteiger partial charge in [-0.05, 0) is 43.2 Å². The summed E-state index contributed by atoms with van der Waals surface area (Å²) < 4.78 is 0. The highest BCUT2D eigenvalue weighted by atomic mass is 35.5. The van der Waals surface area contributed by atoms with Gasteiger partial charge in [-0.1, -0.05) is 36.7 Å². The molecular formula is C17H14ClN2. The lowest BCUT2D eigenvalue weighted by atomic mass is 10.0. The molecule has 0 saturated heterocycles. The lowest BCUT2D eigenvalue weighted by molar-refractivity contribution is 1.18. The monoisotopic (exact) mass is 281 g/mol. The van der Waals surface area contributed by atoms with Gasteiger partial charge in [-0.25, -0.2) is 4.98 Å². The zero-order valence-electron chi connectivity index (χ0n) is 11.4. The fourth-order valence-corrected chi connectivity index (χ4v) is 2.50. The van der Waals surface area contributed by atoms with Crippen LogP contribution in [0.1, 0.15) is 18.2 Å². The number of pyridine rings is 2. The molecule has 0 atom stereocenters. The van der Waals surface area contributed by atoms with Crippen molar-refractivity contribution >= 4 is 22.5 Å². The van der Waals surface area contributed by atoms with E-state index in [0.29, 0.717) is 5.02 Å². The second-order valence-electron chi connectivity index (χ2n) is 4.69. The van der Waals surface area contributed by atoms with E-state index in [9.17, 15) is 0 Å². The Labute approximate surface area is 123 Å². The molecule has 2 nitrogen and oxygen atoms in total.